The number of hydrogen-bond donors (Lipinski definition) is 1. The molecule has 0 heterocycles. The second kappa shape index (κ2) is 11.1. The van der Waals surface area contributed by atoms with Crippen molar-refractivity contribution in [3.05, 3.63) is 23.8 Å². The van der Waals surface area contributed by atoms with Crippen molar-refractivity contribution in [1.29, 1.82) is 0 Å². The number of ether oxygens (including phenoxy) is 3. The Morgan fingerprint density at radius 3 is 2.11 bits per heavy atom. The maximum Gasteiger partial charge on any atom is 0.341 e. The van der Waals surface area contributed by atoms with Crippen LogP contribution in [0.25, 0.3) is 0 Å². The third kappa shape index (κ3) is 6.51. The summed E-state index contributed by atoms with van der Waals surface area (Å²) in [4.78, 5) is 25.4. The Bertz CT molecular complexity index is 644. The van der Waals surface area contributed by atoms with E-state index in [9.17, 15) is 9.59 Å². The van der Waals surface area contributed by atoms with E-state index in [1.807, 2.05) is 13.8 Å². The molecule has 1 aromatic rings. The molecule has 1 rings (SSSR count). The van der Waals surface area contributed by atoms with Gasteiger partial charge in [-0.15, -0.1) is 0 Å². The van der Waals surface area contributed by atoms with Gasteiger partial charge in [-0.25, -0.2) is 4.79 Å². The van der Waals surface area contributed by atoms with Crippen molar-refractivity contribution < 1.29 is 23.8 Å². The number of benzene rings is 1. The van der Waals surface area contributed by atoms with Crippen LogP contribution in [0.1, 0.15) is 64.7 Å². The molecule has 1 N–H and O–H groups in total. The highest BCUT2D eigenvalue weighted by molar-refractivity contribution is 5.99. The Balaban J connectivity index is 3.23. The predicted molar refractivity (Wildman–Crippen MR) is 111 cm³/mol. The molecule has 0 fully saturated rings. The lowest BCUT2D eigenvalue weighted by Crippen LogP contribution is -2.47. The SMILES string of the molecule is CCOc1ccc(NC(=O)C(CC(C)C)(CC(C)C)OCC)cc1C(=O)OC. The van der Waals surface area contributed by atoms with Crippen LogP contribution in [0.5, 0.6) is 5.75 Å². The van der Waals surface area contributed by atoms with Gasteiger partial charge in [-0.3, -0.25) is 4.79 Å². The van der Waals surface area contributed by atoms with Crippen molar-refractivity contribution in [1.82, 2.24) is 0 Å². The summed E-state index contributed by atoms with van der Waals surface area (Å²) in [6.07, 6.45) is 1.23. The molecule has 0 aliphatic rings. The van der Waals surface area contributed by atoms with Crippen molar-refractivity contribution in [3.63, 3.8) is 0 Å². The van der Waals surface area contributed by atoms with Crippen LogP contribution in [0.15, 0.2) is 18.2 Å². The highest BCUT2D eigenvalue weighted by atomic mass is 16.5. The van der Waals surface area contributed by atoms with Gasteiger partial charge < -0.3 is 19.5 Å². The lowest BCUT2D eigenvalue weighted by atomic mass is 9.83. The van der Waals surface area contributed by atoms with E-state index in [2.05, 4.69) is 33.0 Å². The first-order valence-corrected chi connectivity index (χ1v) is 9.99. The minimum absolute atomic E-state index is 0.197. The van der Waals surface area contributed by atoms with E-state index in [-0.39, 0.29) is 11.5 Å². The van der Waals surface area contributed by atoms with Crippen LogP contribution < -0.4 is 10.1 Å². The number of carbonyl (C=O) groups is 2. The molecule has 0 aromatic heterocycles. The minimum Gasteiger partial charge on any atom is -0.493 e. The molecule has 0 spiro atoms. The molecule has 1 aromatic carbocycles. The van der Waals surface area contributed by atoms with Crippen molar-refractivity contribution in [2.45, 2.75) is 60.0 Å². The monoisotopic (exact) mass is 393 g/mol. The molecule has 0 bridgehead atoms. The van der Waals surface area contributed by atoms with E-state index in [1.54, 1.807) is 18.2 Å². The topological polar surface area (TPSA) is 73.9 Å². The molecule has 158 valence electrons. The number of amides is 1. The lowest BCUT2D eigenvalue weighted by molar-refractivity contribution is -0.146. The first-order chi connectivity index (χ1) is 13.2. The average molecular weight is 394 g/mol. The molecule has 6 nitrogen and oxygen atoms in total. The standard InChI is InChI=1S/C22H35NO5/c1-8-27-19-11-10-17(12-18(19)20(24)26-7)23-21(25)22(28-9-2,13-15(3)4)14-16(5)6/h10-12,15-16H,8-9,13-14H2,1-7H3,(H,23,25). The largest absolute Gasteiger partial charge is 0.493 e. The number of anilines is 1. The number of hydrogen-bond acceptors (Lipinski definition) is 5. The van der Waals surface area contributed by atoms with Crippen LogP contribution in [0.3, 0.4) is 0 Å². The summed E-state index contributed by atoms with van der Waals surface area (Å²) in [5, 5.41) is 2.94. The molecule has 0 saturated carbocycles. The second-order valence-corrected chi connectivity index (χ2v) is 7.71. The van der Waals surface area contributed by atoms with E-state index >= 15 is 0 Å². The summed E-state index contributed by atoms with van der Waals surface area (Å²) in [7, 11) is 1.31. The van der Waals surface area contributed by atoms with Crippen LogP contribution in [0.4, 0.5) is 5.69 Å². The number of methoxy groups -OCH3 is 1. The van der Waals surface area contributed by atoms with Gasteiger partial charge >= 0.3 is 5.97 Å². The molecule has 0 atom stereocenters. The van der Waals surface area contributed by atoms with Crippen molar-refractivity contribution in [2.75, 3.05) is 25.6 Å². The fourth-order valence-corrected chi connectivity index (χ4v) is 3.45. The third-order valence-corrected chi connectivity index (χ3v) is 4.25. The average Bonchev–Trinajstić information content (AvgIpc) is 2.61. The van der Waals surface area contributed by atoms with Crippen molar-refractivity contribution >= 4 is 17.6 Å². The van der Waals surface area contributed by atoms with Crippen molar-refractivity contribution in [2.24, 2.45) is 11.8 Å². The Hall–Kier alpha value is -2.08. The molecule has 1 amide bonds. The van der Waals surface area contributed by atoms with Crippen LogP contribution in [0.2, 0.25) is 0 Å². The maximum atomic E-state index is 13.3. The van der Waals surface area contributed by atoms with E-state index < -0.39 is 11.6 Å². The summed E-state index contributed by atoms with van der Waals surface area (Å²) in [6.45, 7) is 12.9. The minimum atomic E-state index is -0.916. The highest BCUT2D eigenvalue weighted by Crippen LogP contribution is 2.31. The Kier molecular flexibility index (Phi) is 9.46. The quantitative estimate of drug-likeness (QED) is 0.553. The zero-order valence-corrected chi connectivity index (χ0v) is 18.3. The summed E-state index contributed by atoms with van der Waals surface area (Å²) in [5.74, 6) is 0.300. The molecule has 0 aliphatic carbocycles. The van der Waals surface area contributed by atoms with Gasteiger partial charge in [0.15, 0.2) is 0 Å². The molecule has 0 saturated heterocycles. The summed E-state index contributed by atoms with van der Waals surface area (Å²) in [6, 6.07) is 4.96. The molecular weight excluding hydrogens is 358 g/mol. The number of esters is 1. The van der Waals surface area contributed by atoms with Crippen LogP contribution in [-0.4, -0.2) is 37.8 Å². The van der Waals surface area contributed by atoms with Gasteiger partial charge in [-0.05, 0) is 56.7 Å². The van der Waals surface area contributed by atoms with Gasteiger partial charge in [-0.1, -0.05) is 27.7 Å². The number of nitrogens with one attached hydrogen (secondary N) is 1. The normalized spacial score (nSPS) is 11.6. The first kappa shape index (κ1) is 24.0. The number of carbonyl (C=O) groups excluding carboxylic acids is 2. The van der Waals surface area contributed by atoms with Gasteiger partial charge in [0.05, 0.1) is 13.7 Å². The fourth-order valence-electron chi connectivity index (χ4n) is 3.45. The first-order valence-electron chi connectivity index (χ1n) is 9.99. The summed E-state index contributed by atoms with van der Waals surface area (Å²) >= 11 is 0. The fraction of sp³-hybridized carbons (Fsp3) is 0.636. The maximum absolute atomic E-state index is 13.3. The van der Waals surface area contributed by atoms with Crippen LogP contribution in [-0.2, 0) is 14.3 Å². The smallest absolute Gasteiger partial charge is 0.341 e. The Morgan fingerprint density at radius 2 is 1.64 bits per heavy atom. The summed E-state index contributed by atoms with van der Waals surface area (Å²) < 4.78 is 16.3. The van der Waals surface area contributed by atoms with Gasteiger partial charge in [0.1, 0.15) is 16.9 Å². The Labute approximate surface area is 168 Å². The molecule has 0 aliphatic heterocycles. The second-order valence-electron chi connectivity index (χ2n) is 7.71. The molecule has 0 radical (unpaired) electrons. The van der Waals surface area contributed by atoms with Crippen molar-refractivity contribution in [3.8, 4) is 5.75 Å². The van der Waals surface area contributed by atoms with E-state index in [0.29, 0.717) is 49.3 Å². The van der Waals surface area contributed by atoms with Gasteiger partial charge in [0, 0.05) is 12.3 Å². The number of rotatable bonds is 11. The molecular formula is C22H35NO5. The van der Waals surface area contributed by atoms with Gasteiger partial charge in [0.2, 0.25) is 0 Å². The molecule has 0 unspecified atom stereocenters. The van der Waals surface area contributed by atoms with Gasteiger partial charge in [0.25, 0.3) is 5.91 Å². The zero-order valence-electron chi connectivity index (χ0n) is 18.3. The third-order valence-electron chi connectivity index (χ3n) is 4.25. The Morgan fingerprint density at radius 1 is 1.04 bits per heavy atom. The zero-order chi connectivity index (χ0) is 21.3. The summed E-state index contributed by atoms with van der Waals surface area (Å²) in [5.41, 5.74) is -0.136. The van der Waals surface area contributed by atoms with Crippen LogP contribution >= 0.6 is 0 Å². The van der Waals surface area contributed by atoms with Crippen LogP contribution in [0, 0.1) is 11.8 Å². The molecule has 28 heavy (non-hydrogen) atoms. The molecule has 6 heteroatoms. The van der Waals surface area contributed by atoms with Gasteiger partial charge in [-0.2, -0.15) is 0 Å². The predicted octanol–water partition coefficient (Wildman–Crippen LogP) is 4.68. The lowest BCUT2D eigenvalue weighted by Gasteiger charge is -2.35. The van der Waals surface area contributed by atoms with E-state index in [0.717, 1.165) is 0 Å². The van der Waals surface area contributed by atoms with E-state index in [1.165, 1.54) is 7.11 Å². The van der Waals surface area contributed by atoms with E-state index in [4.69, 9.17) is 14.2 Å². The highest BCUT2D eigenvalue weighted by Gasteiger charge is 2.40.